The summed E-state index contributed by atoms with van der Waals surface area (Å²) in [7, 11) is 0. The van der Waals surface area contributed by atoms with Gasteiger partial charge in [-0.1, -0.05) is 0 Å². The number of aromatic nitrogens is 3. The molecule has 1 amide bonds. The Labute approximate surface area is 194 Å². The standard InChI is InChI=1S/C25H30N6O2/c1-16-13-31(21-11-19(12-26)7-9-27-21)20-8-10-28-23(22(16)20)29-14-18(3)30(15-17(29)2)24(32)33-25(4,5)6/h7-11,13,17-18H,14-15H2,1-6H3/t17?,18-/m0/s1. The van der Waals surface area contributed by atoms with Gasteiger partial charge in [-0.15, -0.1) is 0 Å². The van der Waals surface area contributed by atoms with Gasteiger partial charge in [-0.25, -0.2) is 14.8 Å². The molecule has 4 rings (SSSR count). The molecule has 0 aliphatic carbocycles. The Morgan fingerprint density at radius 1 is 1.15 bits per heavy atom. The average molecular weight is 447 g/mol. The molecule has 0 spiro atoms. The van der Waals surface area contributed by atoms with Gasteiger partial charge >= 0.3 is 6.09 Å². The van der Waals surface area contributed by atoms with Crippen molar-refractivity contribution < 1.29 is 9.53 Å². The molecule has 0 radical (unpaired) electrons. The number of carbonyl (C=O) groups is 1. The molecular weight excluding hydrogens is 416 g/mol. The van der Waals surface area contributed by atoms with Crippen molar-refractivity contribution in [2.24, 2.45) is 0 Å². The second kappa shape index (κ2) is 8.39. The zero-order chi connectivity index (χ0) is 23.9. The predicted molar refractivity (Wildman–Crippen MR) is 128 cm³/mol. The third kappa shape index (κ3) is 4.36. The minimum Gasteiger partial charge on any atom is -0.444 e. The maximum Gasteiger partial charge on any atom is 0.410 e. The van der Waals surface area contributed by atoms with Gasteiger partial charge in [0.25, 0.3) is 0 Å². The highest BCUT2D eigenvalue weighted by molar-refractivity contribution is 5.95. The van der Waals surface area contributed by atoms with Gasteiger partial charge in [0.05, 0.1) is 17.1 Å². The van der Waals surface area contributed by atoms with Gasteiger partial charge in [-0.3, -0.25) is 0 Å². The molecule has 33 heavy (non-hydrogen) atoms. The molecule has 1 saturated heterocycles. The molecule has 3 aromatic heterocycles. The highest BCUT2D eigenvalue weighted by Gasteiger charge is 2.36. The molecule has 0 aromatic carbocycles. The number of fused-ring (bicyclic) bond motifs is 1. The monoisotopic (exact) mass is 446 g/mol. The van der Waals surface area contributed by atoms with E-state index in [4.69, 9.17) is 9.72 Å². The van der Waals surface area contributed by atoms with Crippen LogP contribution in [0.4, 0.5) is 10.6 Å². The number of aryl methyl sites for hydroxylation is 1. The highest BCUT2D eigenvalue weighted by atomic mass is 16.6. The van der Waals surface area contributed by atoms with E-state index in [0.29, 0.717) is 24.5 Å². The lowest BCUT2D eigenvalue weighted by Gasteiger charge is -2.44. The first-order valence-electron chi connectivity index (χ1n) is 11.2. The van der Waals surface area contributed by atoms with Gasteiger partial charge in [0.1, 0.15) is 17.2 Å². The summed E-state index contributed by atoms with van der Waals surface area (Å²) in [6, 6.07) is 7.66. The topological polar surface area (TPSA) is 87.3 Å². The number of rotatable bonds is 2. The summed E-state index contributed by atoms with van der Waals surface area (Å²) in [5, 5.41) is 10.3. The molecule has 4 heterocycles. The van der Waals surface area contributed by atoms with E-state index in [2.05, 4.69) is 29.8 Å². The fourth-order valence-electron chi connectivity index (χ4n) is 4.37. The fourth-order valence-corrected chi connectivity index (χ4v) is 4.37. The summed E-state index contributed by atoms with van der Waals surface area (Å²) in [5.74, 6) is 1.59. The number of anilines is 1. The Hall–Kier alpha value is -3.60. The lowest BCUT2D eigenvalue weighted by atomic mass is 10.1. The van der Waals surface area contributed by atoms with Crippen LogP contribution in [-0.4, -0.2) is 56.3 Å². The van der Waals surface area contributed by atoms with Crippen LogP contribution >= 0.6 is 0 Å². The summed E-state index contributed by atoms with van der Waals surface area (Å²) < 4.78 is 7.62. The summed E-state index contributed by atoms with van der Waals surface area (Å²) >= 11 is 0. The van der Waals surface area contributed by atoms with Gasteiger partial charge in [0, 0.05) is 49.1 Å². The second-order valence-corrected chi connectivity index (χ2v) is 9.71. The summed E-state index contributed by atoms with van der Waals surface area (Å²) in [6.07, 6.45) is 5.21. The van der Waals surface area contributed by atoms with E-state index in [9.17, 15) is 10.1 Å². The van der Waals surface area contributed by atoms with E-state index in [-0.39, 0.29) is 18.2 Å². The van der Waals surface area contributed by atoms with E-state index in [1.165, 1.54) is 0 Å². The van der Waals surface area contributed by atoms with Gasteiger partial charge in [-0.2, -0.15) is 5.26 Å². The Kier molecular flexibility index (Phi) is 5.75. The molecule has 3 aromatic rings. The van der Waals surface area contributed by atoms with Gasteiger partial charge in [0.2, 0.25) is 0 Å². The van der Waals surface area contributed by atoms with Gasteiger partial charge in [0.15, 0.2) is 0 Å². The first-order valence-corrected chi connectivity index (χ1v) is 11.2. The summed E-state index contributed by atoms with van der Waals surface area (Å²) in [6.45, 7) is 13.1. The first kappa shape index (κ1) is 22.6. The molecule has 0 saturated carbocycles. The van der Waals surface area contributed by atoms with Crippen molar-refractivity contribution in [1.82, 2.24) is 19.4 Å². The molecule has 0 bridgehead atoms. The number of nitriles is 1. The third-order valence-electron chi connectivity index (χ3n) is 5.89. The van der Waals surface area contributed by atoms with E-state index in [0.717, 1.165) is 22.3 Å². The molecule has 8 nitrogen and oxygen atoms in total. The van der Waals surface area contributed by atoms with E-state index in [1.54, 1.807) is 24.5 Å². The van der Waals surface area contributed by atoms with Crippen LogP contribution in [0.25, 0.3) is 16.7 Å². The van der Waals surface area contributed by atoms with Crippen molar-refractivity contribution in [1.29, 1.82) is 5.26 Å². The minimum absolute atomic E-state index is 0.0236. The average Bonchev–Trinajstić information content (AvgIpc) is 3.11. The summed E-state index contributed by atoms with van der Waals surface area (Å²) in [5.41, 5.74) is 2.09. The predicted octanol–water partition coefficient (Wildman–Crippen LogP) is 4.43. The number of carbonyl (C=O) groups excluding carboxylic acids is 1. The molecule has 8 heteroatoms. The number of piperazine rings is 1. The van der Waals surface area contributed by atoms with Crippen LogP contribution in [0.15, 0.2) is 36.8 Å². The highest BCUT2D eigenvalue weighted by Crippen LogP contribution is 2.33. The number of nitrogens with zero attached hydrogens (tertiary/aromatic N) is 6. The Morgan fingerprint density at radius 2 is 1.88 bits per heavy atom. The van der Waals surface area contributed by atoms with Crippen LogP contribution in [0.3, 0.4) is 0 Å². The van der Waals surface area contributed by atoms with Crippen molar-refractivity contribution in [3.63, 3.8) is 0 Å². The fraction of sp³-hybridized carbons (Fsp3) is 0.440. The Morgan fingerprint density at radius 3 is 2.58 bits per heavy atom. The van der Waals surface area contributed by atoms with Crippen LogP contribution in [0.2, 0.25) is 0 Å². The quantitative estimate of drug-likeness (QED) is 0.579. The van der Waals surface area contributed by atoms with Crippen LogP contribution < -0.4 is 4.90 Å². The smallest absolute Gasteiger partial charge is 0.410 e. The molecule has 2 atom stereocenters. The van der Waals surface area contributed by atoms with E-state index in [1.807, 2.05) is 49.4 Å². The minimum atomic E-state index is -0.527. The molecule has 1 aliphatic rings. The van der Waals surface area contributed by atoms with E-state index >= 15 is 0 Å². The molecule has 1 fully saturated rings. The van der Waals surface area contributed by atoms with Crippen LogP contribution in [0, 0.1) is 18.3 Å². The molecule has 1 aliphatic heterocycles. The molecule has 172 valence electrons. The first-order chi connectivity index (χ1) is 15.6. The zero-order valence-corrected chi connectivity index (χ0v) is 20.0. The van der Waals surface area contributed by atoms with Crippen LogP contribution in [0.5, 0.6) is 0 Å². The van der Waals surface area contributed by atoms with Crippen molar-refractivity contribution in [2.75, 3.05) is 18.0 Å². The van der Waals surface area contributed by atoms with Crippen molar-refractivity contribution in [3.05, 3.63) is 47.9 Å². The number of amides is 1. The number of hydrogen-bond acceptors (Lipinski definition) is 6. The summed E-state index contributed by atoms with van der Waals surface area (Å²) in [4.78, 5) is 26.0. The Balaban J connectivity index is 1.69. The largest absolute Gasteiger partial charge is 0.444 e. The lowest BCUT2D eigenvalue weighted by molar-refractivity contribution is 0.0130. The van der Waals surface area contributed by atoms with Gasteiger partial charge in [-0.05, 0) is 65.3 Å². The van der Waals surface area contributed by atoms with Crippen LogP contribution in [-0.2, 0) is 4.74 Å². The van der Waals surface area contributed by atoms with E-state index < -0.39 is 5.60 Å². The molecule has 1 unspecified atom stereocenters. The maximum absolute atomic E-state index is 12.7. The maximum atomic E-state index is 12.7. The SMILES string of the molecule is Cc1cn(-c2cc(C#N)ccn2)c2ccnc(N3C[C@H](C)N(C(=O)OC(C)(C)C)CC3C)c12. The number of hydrogen-bond donors (Lipinski definition) is 0. The number of ether oxygens (including phenoxy) is 1. The van der Waals surface area contributed by atoms with Crippen LogP contribution in [0.1, 0.15) is 45.7 Å². The van der Waals surface area contributed by atoms with Crippen molar-refractivity contribution in [3.8, 4) is 11.9 Å². The molecular formula is C25H30N6O2. The Bertz CT molecular complexity index is 1240. The van der Waals surface area contributed by atoms with Crippen molar-refractivity contribution >= 4 is 22.8 Å². The van der Waals surface area contributed by atoms with Gasteiger partial charge < -0.3 is 19.1 Å². The lowest BCUT2D eigenvalue weighted by Crippen LogP contribution is -2.59. The molecule has 0 N–H and O–H groups in total. The number of pyridine rings is 2. The van der Waals surface area contributed by atoms with Crippen molar-refractivity contribution in [2.45, 2.75) is 59.2 Å². The zero-order valence-electron chi connectivity index (χ0n) is 20.0. The third-order valence-corrected chi connectivity index (χ3v) is 5.89. The second-order valence-electron chi connectivity index (χ2n) is 9.71. The normalized spacial score (nSPS) is 18.9.